The van der Waals surface area contributed by atoms with Gasteiger partial charge in [0.2, 0.25) is 0 Å². The van der Waals surface area contributed by atoms with Crippen LogP contribution in [0.25, 0.3) is 21.9 Å². The molecule has 0 spiro atoms. The highest BCUT2D eigenvalue weighted by Gasteiger charge is 2.04. The van der Waals surface area contributed by atoms with Gasteiger partial charge in [0.25, 0.3) is 0 Å². The second-order valence-corrected chi connectivity index (χ2v) is 14.5. The lowest BCUT2D eigenvalue weighted by Gasteiger charge is -2.05. The second-order valence-electron chi connectivity index (χ2n) is 14.5. The first kappa shape index (κ1) is 68.6. The Balaban J connectivity index is -0.000000348. The summed E-state index contributed by atoms with van der Waals surface area (Å²) < 4.78 is 9.62. The Kier molecular flexibility index (Phi) is 45.2. The van der Waals surface area contributed by atoms with Crippen LogP contribution in [-0.4, -0.2) is 73.9 Å². The lowest BCUT2D eigenvalue weighted by Crippen LogP contribution is -2.03. The van der Waals surface area contributed by atoms with Gasteiger partial charge in [0.1, 0.15) is 23.7 Å². The van der Waals surface area contributed by atoms with E-state index in [0.29, 0.717) is 36.3 Å². The van der Waals surface area contributed by atoms with Gasteiger partial charge in [-0.1, -0.05) is 119 Å². The summed E-state index contributed by atoms with van der Waals surface area (Å²) >= 11 is 0. The van der Waals surface area contributed by atoms with E-state index in [1.54, 1.807) is 45.4 Å². The Bertz CT molecular complexity index is 1930. The molecule has 0 saturated carbocycles. The average Bonchev–Trinajstić information content (AvgIpc) is 4.23. The third-order valence-electron chi connectivity index (χ3n) is 7.87. The van der Waals surface area contributed by atoms with Crippen LogP contribution in [0.1, 0.15) is 202 Å². The largest absolute Gasteiger partial charge is 0.335 e. The van der Waals surface area contributed by atoms with Crippen molar-refractivity contribution in [3.8, 4) is 0 Å². The number of fused-ring (bicyclic) bond motifs is 2. The maximum absolute atomic E-state index is 4.32. The minimum Gasteiger partial charge on any atom is -0.335 e. The molecule has 0 atom stereocenters. The summed E-state index contributed by atoms with van der Waals surface area (Å²) in [7, 11) is 0. The molecule has 6 aromatic heterocycles. The van der Waals surface area contributed by atoms with Crippen LogP contribution in [0.4, 0.5) is 0 Å². The van der Waals surface area contributed by atoms with Crippen molar-refractivity contribution in [2.24, 2.45) is 0 Å². The Morgan fingerprint density at radius 2 is 0.941 bits per heavy atom. The van der Waals surface area contributed by atoms with Crippen LogP contribution < -0.4 is 0 Å². The summed E-state index contributed by atoms with van der Waals surface area (Å²) in [5, 5.41) is 29.6. The first-order chi connectivity index (χ1) is 32.8. The van der Waals surface area contributed by atoms with Gasteiger partial charge in [-0.05, 0) is 107 Å². The number of benzene rings is 2. The van der Waals surface area contributed by atoms with Crippen LogP contribution >= 0.6 is 0 Å². The predicted octanol–water partition coefficient (Wildman–Crippen LogP) is 15.4. The molecule has 0 amide bonds. The number of imidazole rings is 1. The van der Waals surface area contributed by atoms with Gasteiger partial charge in [0, 0.05) is 66.6 Å². The van der Waals surface area contributed by atoms with Crippen LogP contribution in [0.5, 0.6) is 0 Å². The van der Waals surface area contributed by atoms with E-state index in [9.17, 15) is 0 Å². The lowest BCUT2D eigenvalue weighted by molar-refractivity contribution is 0.472. The fourth-order valence-corrected chi connectivity index (χ4v) is 4.65. The smallest absolute Gasteiger partial charge is 0.137 e. The molecule has 0 radical (unpaired) electrons. The van der Waals surface area contributed by atoms with Crippen molar-refractivity contribution in [3.05, 3.63) is 117 Å². The fraction of sp³-hybridized carbons (Fsp3) is 0.566. The van der Waals surface area contributed by atoms with Gasteiger partial charge >= 0.3 is 0 Å². The summed E-state index contributed by atoms with van der Waals surface area (Å²) in [5.41, 5.74) is 3.14. The van der Waals surface area contributed by atoms with Crippen molar-refractivity contribution in [1.82, 2.24) is 73.9 Å². The molecule has 0 aliphatic heterocycles. The third-order valence-corrected chi connectivity index (χ3v) is 7.87. The molecule has 0 aliphatic carbocycles. The molecule has 0 unspecified atom stereocenters. The van der Waals surface area contributed by atoms with E-state index in [-0.39, 0.29) is 0 Å². The maximum atomic E-state index is 4.32. The van der Waals surface area contributed by atoms with E-state index in [1.807, 2.05) is 166 Å². The first-order valence-electron chi connectivity index (χ1n) is 25.2. The van der Waals surface area contributed by atoms with Crippen molar-refractivity contribution in [2.75, 3.05) is 0 Å². The van der Waals surface area contributed by atoms with Crippen molar-refractivity contribution in [2.45, 2.75) is 202 Å². The summed E-state index contributed by atoms with van der Waals surface area (Å²) in [5.74, 6) is 0. The molecule has 6 heterocycles. The normalized spacial score (nSPS) is 9.38. The summed E-state index contributed by atoms with van der Waals surface area (Å²) in [6.07, 6.45) is 18.0. The van der Waals surface area contributed by atoms with Crippen LogP contribution in [0.3, 0.4) is 0 Å². The van der Waals surface area contributed by atoms with Crippen LogP contribution in [0.2, 0.25) is 0 Å². The molecule has 2 aromatic carbocycles. The van der Waals surface area contributed by atoms with Crippen molar-refractivity contribution in [1.29, 1.82) is 0 Å². The van der Waals surface area contributed by atoms with E-state index in [4.69, 9.17) is 0 Å². The predicted molar refractivity (Wildman–Crippen MR) is 292 cm³/mol. The van der Waals surface area contributed by atoms with Crippen molar-refractivity contribution >= 4 is 21.9 Å². The van der Waals surface area contributed by atoms with Crippen LogP contribution in [0, 0.1) is 0 Å². The highest BCUT2D eigenvalue weighted by atomic mass is 15.5. The standard InChI is InChI=1S/C10H12N2.C9H11N3.2C6H10N2.2C5H9N3.6C2H6/c1-8(2)12-10-6-4-3-5-9(10)7-11-12;1-7(2)12-10-8-5-3-4-6-9(8)11-12;1-6(2)8-4-3-7-5-8;1-6(2)8-5-3-4-7-8;1-5(2)8-4-6-3-7-8;1-5(2)8-4-3-6-7-8;6*1-2/h3-8H,1-2H3;3-7H,1-2H3;2*3-6H,1-2H3;2*3-5H,1-2H3;6*1-2H3. The highest BCUT2D eigenvalue weighted by molar-refractivity contribution is 5.78. The Labute approximate surface area is 413 Å². The number of rotatable bonds is 6. The molecule has 15 heteroatoms. The zero-order chi connectivity index (χ0) is 53.0. The van der Waals surface area contributed by atoms with Crippen molar-refractivity contribution in [3.63, 3.8) is 0 Å². The molecule has 0 saturated heterocycles. The number of nitrogens with zero attached hydrogens (tertiary/aromatic N) is 15. The molecule has 8 rings (SSSR count). The van der Waals surface area contributed by atoms with E-state index in [0.717, 1.165) is 11.0 Å². The molecule has 0 aliphatic rings. The van der Waals surface area contributed by atoms with Crippen molar-refractivity contribution < 1.29 is 0 Å². The molecule has 0 fully saturated rings. The molecule has 8 aromatic rings. The van der Waals surface area contributed by atoms with E-state index >= 15 is 0 Å². The fourth-order valence-electron chi connectivity index (χ4n) is 4.65. The topological polar surface area (TPSA) is 146 Å². The van der Waals surface area contributed by atoms with Crippen LogP contribution in [-0.2, 0) is 0 Å². The summed E-state index contributed by atoms with van der Waals surface area (Å²) in [4.78, 5) is 9.44. The molecule has 384 valence electrons. The Hall–Kier alpha value is -5.99. The number of hydrogen-bond acceptors (Lipinski definition) is 9. The maximum Gasteiger partial charge on any atom is 0.137 e. The quantitative estimate of drug-likeness (QED) is 0.159. The molecule has 15 nitrogen and oxygen atoms in total. The van der Waals surface area contributed by atoms with E-state index in [1.165, 1.54) is 10.9 Å². The highest BCUT2D eigenvalue weighted by Crippen LogP contribution is 2.16. The van der Waals surface area contributed by atoms with Gasteiger partial charge in [-0.25, -0.2) is 9.97 Å². The lowest BCUT2D eigenvalue weighted by atomic mass is 10.2. The minimum absolute atomic E-state index is 0.331. The Morgan fingerprint density at radius 1 is 0.412 bits per heavy atom. The molecular weight excluding hydrogens is 847 g/mol. The molecule has 68 heavy (non-hydrogen) atoms. The molecule has 0 bridgehead atoms. The molecular formula is C53H97N15. The van der Waals surface area contributed by atoms with Gasteiger partial charge < -0.3 is 4.57 Å². The van der Waals surface area contributed by atoms with Gasteiger partial charge in [-0.3, -0.25) is 18.7 Å². The molecule has 0 N–H and O–H groups in total. The first-order valence-corrected chi connectivity index (χ1v) is 25.2. The summed E-state index contributed by atoms with van der Waals surface area (Å²) in [6, 6.07) is 20.7. The van der Waals surface area contributed by atoms with E-state index < -0.39 is 0 Å². The monoisotopic (exact) mass is 944 g/mol. The zero-order valence-corrected chi connectivity index (χ0v) is 47.1. The Morgan fingerprint density at radius 3 is 1.26 bits per heavy atom. The van der Waals surface area contributed by atoms with Gasteiger partial charge in [0.05, 0.1) is 30.3 Å². The number of hydrogen-bond donors (Lipinski definition) is 0. The van der Waals surface area contributed by atoms with Gasteiger partial charge in [-0.2, -0.15) is 30.3 Å². The van der Waals surface area contributed by atoms with Crippen LogP contribution in [0.15, 0.2) is 117 Å². The average molecular weight is 944 g/mol. The number of para-hydroxylation sites is 1. The van der Waals surface area contributed by atoms with E-state index in [2.05, 4.69) is 146 Å². The minimum atomic E-state index is 0.331. The van der Waals surface area contributed by atoms with Gasteiger partial charge in [0.15, 0.2) is 0 Å². The third kappa shape index (κ3) is 28.9. The summed E-state index contributed by atoms with van der Waals surface area (Å²) in [6.45, 7) is 49.1. The number of aromatic nitrogens is 15. The SMILES string of the molecule is CC.CC.CC.CC.CC.CC.CC(C)n1cccn1.CC(C)n1ccnc1.CC(C)n1ccnn1.CC(C)n1cncn1.CC(C)n1nc2ccccc2n1.CC(C)n1ncc2ccccc21. The zero-order valence-electron chi connectivity index (χ0n) is 47.1. The van der Waals surface area contributed by atoms with Gasteiger partial charge in [-0.15, -0.1) is 5.10 Å². The second kappa shape index (κ2) is 44.8.